The van der Waals surface area contributed by atoms with Crippen LogP contribution in [-0.4, -0.2) is 23.9 Å². The van der Waals surface area contributed by atoms with Gasteiger partial charge in [0.15, 0.2) is 0 Å². The molecule has 0 aliphatic carbocycles. The average Bonchev–Trinajstić information content (AvgIpc) is 2.17. The van der Waals surface area contributed by atoms with Crippen LogP contribution in [0.2, 0.25) is 0 Å². The number of nitrogens with zero attached hydrogens (tertiary/aromatic N) is 1. The first kappa shape index (κ1) is 13.3. The van der Waals surface area contributed by atoms with E-state index in [-0.39, 0.29) is 0 Å². The molecule has 0 bridgehead atoms. The molecule has 0 aliphatic heterocycles. The first-order valence-electron chi connectivity index (χ1n) is 4.68. The molecule has 0 aromatic carbocycles. The molecule has 0 aromatic rings. The lowest BCUT2D eigenvalue weighted by Crippen LogP contribution is -2.17. The monoisotopic (exact) mass is 218 g/mol. The fourth-order valence-corrected chi connectivity index (χ4v) is 1.41. The summed E-state index contributed by atoms with van der Waals surface area (Å²) in [5.41, 5.74) is 0. The van der Waals surface area contributed by atoms with E-state index in [1.54, 1.807) is 11.8 Å². The molecule has 0 saturated heterocycles. The van der Waals surface area contributed by atoms with Gasteiger partial charge in [0, 0.05) is 12.8 Å². The lowest BCUT2D eigenvalue weighted by Gasteiger charge is -2.05. The van der Waals surface area contributed by atoms with Gasteiger partial charge in [-0.2, -0.15) is 0 Å². The number of carbonyl (C=O) groups is 1. The normalized spacial score (nSPS) is 11.6. The number of hydrogen-bond acceptors (Lipinski definition) is 4. The zero-order valence-electron chi connectivity index (χ0n) is 9.16. The summed E-state index contributed by atoms with van der Waals surface area (Å²) in [6, 6.07) is 0. The largest absolute Gasteiger partial charge is 0.433 e. The van der Waals surface area contributed by atoms with Crippen LogP contribution in [0.4, 0.5) is 4.79 Å². The van der Waals surface area contributed by atoms with Crippen LogP contribution in [0.5, 0.6) is 0 Å². The number of oxime groups is 1. The quantitative estimate of drug-likeness (QED) is 0.341. The summed E-state index contributed by atoms with van der Waals surface area (Å²) in [4.78, 5) is 15.3. The van der Waals surface area contributed by atoms with Gasteiger partial charge in [0.25, 0.3) is 0 Å². The van der Waals surface area contributed by atoms with Crippen LogP contribution in [0, 0.1) is 5.92 Å². The van der Waals surface area contributed by atoms with Crippen LogP contribution in [0.25, 0.3) is 0 Å². The number of carbonyl (C=O) groups excluding carboxylic acids is 1. The molecule has 0 unspecified atom stereocenters. The van der Waals surface area contributed by atoms with Gasteiger partial charge in [-0.3, -0.25) is 4.84 Å². The third-order valence-electron chi connectivity index (χ3n) is 1.32. The number of thioether (sulfide) groups is 1. The molecule has 82 valence electrons. The predicted octanol–water partition coefficient (Wildman–Crippen LogP) is 2.46. The van der Waals surface area contributed by atoms with E-state index in [9.17, 15) is 4.79 Å². The summed E-state index contributed by atoms with van der Waals surface area (Å²) < 4.78 is 0. The smallest absolute Gasteiger partial charge is 0.323 e. The van der Waals surface area contributed by atoms with E-state index in [1.807, 2.05) is 6.92 Å². The lowest BCUT2D eigenvalue weighted by molar-refractivity contribution is 0.153. The predicted molar refractivity (Wildman–Crippen MR) is 60.6 cm³/mol. The molecular weight excluding hydrogens is 200 g/mol. The average molecular weight is 218 g/mol. The van der Waals surface area contributed by atoms with Gasteiger partial charge in [-0.25, -0.2) is 4.79 Å². The summed E-state index contributed by atoms with van der Waals surface area (Å²) in [5.74, 6) is 1.60. The third kappa shape index (κ3) is 6.77. The Bertz CT molecular complexity index is 205. The SMILES string of the molecule is CCC(=NOC(=O)NC)SCC(C)C. The van der Waals surface area contributed by atoms with Gasteiger partial charge in [-0.1, -0.05) is 25.9 Å². The minimum absolute atomic E-state index is 0.527. The Morgan fingerprint density at radius 3 is 2.64 bits per heavy atom. The first-order valence-corrected chi connectivity index (χ1v) is 5.67. The molecule has 0 spiro atoms. The van der Waals surface area contributed by atoms with Crippen molar-refractivity contribution in [3.8, 4) is 0 Å². The lowest BCUT2D eigenvalue weighted by atomic mass is 10.3. The summed E-state index contributed by atoms with van der Waals surface area (Å²) in [7, 11) is 1.50. The maximum absolute atomic E-state index is 10.7. The van der Waals surface area contributed by atoms with Gasteiger partial charge >= 0.3 is 6.09 Å². The van der Waals surface area contributed by atoms with Crippen molar-refractivity contribution < 1.29 is 9.63 Å². The minimum Gasteiger partial charge on any atom is -0.323 e. The van der Waals surface area contributed by atoms with Crippen molar-refractivity contribution in [2.24, 2.45) is 11.1 Å². The Labute approximate surface area is 89.5 Å². The summed E-state index contributed by atoms with van der Waals surface area (Å²) in [5, 5.41) is 6.93. The molecule has 4 nitrogen and oxygen atoms in total. The van der Waals surface area contributed by atoms with Crippen LogP contribution < -0.4 is 5.32 Å². The highest BCUT2D eigenvalue weighted by molar-refractivity contribution is 8.13. The summed E-state index contributed by atoms with van der Waals surface area (Å²) in [6.07, 6.45) is 0.259. The van der Waals surface area contributed by atoms with Gasteiger partial charge in [0.05, 0.1) is 0 Å². The summed E-state index contributed by atoms with van der Waals surface area (Å²) >= 11 is 1.63. The van der Waals surface area contributed by atoms with Gasteiger partial charge in [-0.05, 0) is 12.3 Å². The second kappa shape index (κ2) is 7.67. The molecule has 1 N–H and O–H groups in total. The highest BCUT2D eigenvalue weighted by Crippen LogP contribution is 2.12. The molecule has 0 radical (unpaired) electrons. The second-order valence-electron chi connectivity index (χ2n) is 3.17. The van der Waals surface area contributed by atoms with Crippen molar-refractivity contribution in [2.45, 2.75) is 27.2 Å². The topological polar surface area (TPSA) is 50.7 Å². The van der Waals surface area contributed by atoms with E-state index < -0.39 is 6.09 Å². The molecule has 14 heavy (non-hydrogen) atoms. The Balaban J connectivity index is 3.92. The van der Waals surface area contributed by atoms with Crippen molar-refractivity contribution in [3.63, 3.8) is 0 Å². The van der Waals surface area contributed by atoms with Crippen molar-refractivity contribution in [1.29, 1.82) is 0 Å². The van der Waals surface area contributed by atoms with Gasteiger partial charge in [0.2, 0.25) is 0 Å². The first-order chi connectivity index (χ1) is 6.60. The van der Waals surface area contributed by atoms with Crippen molar-refractivity contribution in [1.82, 2.24) is 5.32 Å². The molecule has 0 aliphatic rings. The fourth-order valence-electron chi connectivity index (χ4n) is 0.594. The molecule has 0 atom stereocenters. The number of amides is 1. The van der Waals surface area contributed by atoms with Crippen molar-refractivity contribution in [3.05, 3.63) is 0 Å². The second-order valence-corrected chi connectivity index (χ2v) is 4.27. The number of nitrogens with one attached hydrogen (secondary N) is 1. The highest BCUT2D eigenvalue weighted by Gasteiger charge is 2.02. The Hall–Kier alpha value is -0.710. The van der Waals surface area contributed by atoms with Crippen LogP contribution in [0.1, 0.15) is 27.2 Å². The van der Waals surface area contributed by atoms with E-state index in [0.29, 0.717) is 5.92 Å². The Morgan fingerprint density at radius 1 is 1.57 bits per heavy atom. The van der Waals surface area contributed by atoms with E-state index >= 15 is 0 Å². The van der Waals surface area contributed by atoms with E-state index in [0.717, 1.165) is 17.2 Å². The van der Waals surface area contributed by atoms with Gasteiger partial charge in [0.1, 0.15) is 5.04 Å². The standard InChI is InChI=1S/C9H18N2O2S/c1-5-8(14-6-7(2)3)11-13-9(12)10-4/h7H,5-6H2,1-4H3,(H,10,12). The van der Waals surface area contributed by atoms with Crippen LogP contribution in [0.15, 0.2) is 5.16 Å². The molecular formula is C9H18N2O2S. The molecule has 5 heteroatoms. The number of rotatable bonds is 4. The molecule has 0 saturated carbocycles. The van der Waals surface area contributed by atoms with Gasteiger partial charge < -0.3 is 5.32 Å². The fraction of sp³-hybridized carbons (Fsp3) is 0.778. The van der Waals surface area contributed by atoms with Crippen molar-refractivity contribution >= 4 is 22.9 Å². The van der Waals surface area contributed by atoms with E-state index in [2.05, 4.69) is 29.2 Å². The molecule has 0 rings (SSSR count). The molecule has 0 fully saturated rings. The number of hydrogen-bond donors (Lipinski definition) is 1. The minimum atomic E-state index is -0.527. The molecule has 1 amide bonds. The Kier molecular flexibility index (Phi) is 7.28. The highest BCUT2D eigenvalue weighted by atomic mass is 32.2. The molecule has 0 heterocycles. The summed E-state index contributed by atoms with van der Waals surface area (Å²) in [6.45, 7) is 6.26. The van der Waals surface area contributed by atoms with Gasteiger partial charge in [-0.15, -0.1) is 11.8 Å². The Morgan fingerprint density at radius 2 is 2.21 bits per heavy atom. The zero-order chi connectivity index (χ0) is 11.0. The van der Waals surface area contributed by atoms with E-state index in [1.165, 1.54) is 7.05 Å². The maximum Gasteiger partial charge on any atom is 0.433 e. The van der Waals surface area contributed by atoms with Crippen molar-refractivity contribution in [2.75, 3.05) is 12.8 Å². The van der Waals surface area contributed by atoms with Crippen LogP contribution >= 0.6 is 11.8 Å². The zero-order valence-corrected chi connectivity index (χ0v) is 9.98. The van der Waals surface area contributed by atoms with E-state index in [4.69, 9.17) is 0 Å². The molecule has 0 aromatic heterocycles. The maximum atomic E-state index is 10.7. The van der Waals surface area contributed by atoms with Crippen LogP contribution in [-0.2, 0) is 4.84 Å². The van der Waals surface area contributed by atoms with Crippen LogP contribution in [0.3, 0.4) is 0 Å². The third-order valence-corrected chi connectivity index (χ3v) is 2.85.